The molecule has 152 valence electrons. The number of Topliss-reactive ketones (excluding diaryl/α,β-unsaturated/α-hetero) is 1. The van der Waals surface area contributed by atoms with E-state index in [0.717, 1.165) is 0 Å². The van der Waals surface area contributed by atoms with Gasteiger partial charge in [-0.3, -0.25) is 14.4 Å². The van der Waals surface area contributed by atoms with E-state index in [1.807, 2.05) is 32.8 Å². The zero-order chi connectivity index (χ0) is 21.0. The molecule has 1 aliphatic heterocycles. The molecule has 0 spiro atoms. The Kier molecular flexibility index (Phi) is 6.96. The Morgan fingerprint density at radius 1 is 1.21 bits per heavy atom. The monoisotopic (exact) mass is 388 g/mol. The van der Waals surface area contributed by atoms with Gasteiger partial charge in [0.15, 0.2) is 11.5 Å². The standard InChI is InChI=1S/C21H28N2O5/c1-13(2)12-17(25)18-19(15-6-8-16(9-7-15)28-14(3)24)23(11-10-22(4)5)21(27)20(18)26/h6-9,13,19,26H,10-12H2,1-5H3. The van der Waals surface area contributed by atoms with E-state index in [0.29, 0.717) is 24.4 Å². The lowest BCUT2D eigenvalue weighted by Gasteiger charge is -2.28. The van der Waals surface area contributed by atoms with Crippen LogP contribution in [0.3, 0.4) is 0 Å². The normalized spacial score (nSPS) is 17.0. The highest BCUT2D eigenvalue weighted by Gasteiger charge is 2.43. The average molecular weight is 388 g/mol. The van der Waals surface area contributed by atoms with Gasteiger partial charge in [-0.05, 0) is 37.7 Å². The third-order valence-corrected chi connectivity index (χ3v) is 4.44. The van der Waals surface area contributed by atoms with Crippen LogP contribution in [0.1, 0.15) is 38.8 Å². The molecule has 7 heteroatoms. The lowest BCUT2D eigenvalue weighted by Crippen LogP contribution is -2.36. The molecule has 1 N–H and O–H groups in total. The maximum absolute atomic E-state index is 12.8. The first kappa shape index (κ1) is 21.6. The number of likely N-dealkylation sites (N-methyl/N-ethyl adjacent to an activating group) is 1. The van der Waals surface area contributed by atoms with Crippen molar-refractivity contribution in [3.05, 3.63) is 41.2 Å². The summed E-state index contributed by atoms with van der Waals surface area (Å²) in [6.45, 7) is 6.10. The second-order valence-corrected chi connectivity index (χ2v) is 7.65. The number of rotatable bonds is 8. The molecule has 7 nitrogen and oxygen atoms in total. The van der Waals surface area contributed by atoms with Crippen molar-refractivity contribution < 1.29 is 24.2 Å². The number of hydrogen-bond acceptors (Lipinski definition) is 6. The maximum atomic E-state index is 12.8. The molecule has 0 saturated carbocycles. The Hall–Kier alpha value is -2.67. The van der Waals surface area contributed by atoms with Crippen molar-refractivity contribution in [1.82, 2.24) is 9.80 Å². The number of aliphatic hydroxyl groups excluding tert-OH is 1. The summed E-state index contributed by atoms with van der Waals surface area (Å²) in [7, 11) is 3.78. The summed E-state index contributed by atoms with van der Waals surface area (Å²) in [5.41, 5.74) is 0.817. The Labute approximate surface area is 165 Å². The van der Waals surface area contributed by atoms with Gasteiger partial charge in [-0.15, -0.1) is 0 Å². The fourth-order valence-electron chi connectivity index (χ4n) is 3.19. The minimum absolute atomic E-state index is 0.103. The number of hydrogen-bond donors (Lipinski definition) is 1. The van der Waals surface area contributed by atoms with Crippen molar-refractivity contribution in [3.63, 3.8) is 0 Å². The minimum atomic E-state index is -0.662. The number of carbonyl (C=O) groups excluding carboxylic acids is 3. The summed E-state index contributed by atoms with van der Waals surface area (Å²) >= 11 is 0. The average Bonchev–Trinajstić information content (AvgIpc) is 2.84. The first-order valence-electron chi connectivity index (χ1n) is 9.32. The first-order valence-corrected chi connectivity index (χ1v) is 9.32. The minimum Gasteiger partial charge on any atom is -0.503 e. The highest BCUT2D eigenvalue weighted by atomic mass is 16.5. The van der Waals surface area contributed by atoms with Crippen molar-refractivity contribution in [2.75, 3.05) is 27.2 Å². The van der Waals surface area contributed by atoms with Crippen molar-refractivity contribution in [2.45, 2.75) is 33.2 Å². The van der Waals surface area contributed by atoms with Crippen molar-refractivity contribution in [2.24, 2.45) is 5.92 Å². The van der Waals surface area contributed by atoms with Crippen LogP contribution in [-0.2, 0) is 14.4 Å². The van der Waals surface area contributed by atoms with Gasteiger partial charge in [-0.2, -0.15) is 0 Å². The molecule has 28 heavy (non-hydrogen) atoms. The molecule has 1 aliphatic rings. The van der Waals surface area contributed by atoms with E-state index in [1.54, 1.807) is 24.3 Å². The van der Waals surface area contributed by atoms with Crippen molar-refractivity contribution in [1.29, 1.82) is 0 Å². The maximum Gasteiger partial charge on any atom is 0.308 e. The van der Waals surface area contributed by atoms with Crippen molar-refractivity contribution >= 4 is 17.7 Å². The van der Waals surface area contributed by atoms with Crippen LogP contribution >= 0.6 is 0 Å². The molecule has 1 atom stereocenters. The fraction of sp³-hybridized carbons (Fsp3) is 0.476. The predicted molar refractivity (Wildman–Crippen MR) is 105 cm³/mol. The molecule has 0 radical (unpaired) electrons. The number of benzene rings is 1. The topological polar surface area (TPSA) is 87.2 Å². The third-order valence-electron chi connectivity index (χ3n) is 4.44. The van der Waals surface area contributed by atoms with Gasteiger partial charge in [0.25, 0.3) is 5.91 Å². The zero-order valence-electron chi connectivity index (χ0n) is 17.1. The van der Waals surface area contributed by atoms with Gasteiger partial charge in [0.05, 0.1) is 11.6 Å². The highest BCUT2D eigenvalue weighted by molar-refractivity contribution is 6.09. The lowest BCUT2D eigenvalue weighted by atomic mass is 9.92. The van der Waals surface area contributed by atoms with Crippen LogP contribution in [0.15, 0.2) is 35.6 Å². The van der Waals surface area contributed by atoms with Gasteiger partial charge < -0.3 is 19.6 Å². The van der Waals surface area contributed by atoms with Crippen LogP contribution in [0.4, 0.5) is 0 Å². The molecule has 1 aromatic rings. The summed E-state index contributed by atoms with van der Waals surface area (Å²) in [5, 5.41) is 10.5. The van der Waals surface area contributed by atoms with Crippen LogP contribution < -0.4 is 4.74 Å². The van der Waals surface area contributed by atoms with E-state index in [9.17, 15) is 19.5 Å². The molecule has 1 heterocycles. The van der Waals surface area contributed by atoms with E-state index in [1.165, 1.54) is 11.8 Å². The molecule has 1 amide bonds. The smallest absolute Gasteiger partial charge is 0.308 e. The Balaban J connectivity index is 2.42. The molecule has 0 aromatic heterocycles. The Morgan fingerprint density at radius 2 is 1.82 bits per heavy atom. The van der Waals surface area contributed by atoms with E-state index >= 15 is 0 Å². The Morgan fingerprint density at radius 3 is 2.32 bits per heavy atom. The molecular formula is C21H28N2O5. The largest absolute Gasteiger partial charge is 0.503 e. The van der Waals surface area contributed by atoms with Gasteiger partial charge >= 0.3 is 5.97 Å². The number of carbonyl (C=O) groups is 3. The SMILES string of the molecule is CC(=O)Oc1ccc(C2C(C(=O)CC(C)C)=C(O)C(=O)N2CCN(C)C)cc1. The summed E-state index contributed by atoms with van der Waals surface area (Å²) in [4.78, 5) is 40.1. The highest BCUT2D eigenvalue weighted by Crippen LogP contribution is 2.39. The number of ether oxygens (including phenoxy) is 1. The molecule has 1 unspecified atom stereocenters. The zero-order valence-corrected chi connectivity index (χ0v) is 17.1. The molecule has 0 saturated heterocycles. The Bertz CT molecular complexity index is 780. The molecule has 0 aliphatic carbocycles. The van der Waals surface area contributed by atoms with Gasteiger partial charge in [0.1, 0.15) is 5.75 Å². The van der Waals surface area contributed by atoms with Gasteiger partial charge in [-0.1, -0.05) is 26.0 Å². The summed E-state index contributed by atoms with van der Waals surface area (Å²) in [5.74, 6) is -1.19. The van der Waals surface area contributed by atoms with E-state index in [-0.39, 0.29) is 23.7 Å². The molecular weight excluding hydrogens is 360 g/mol. The number of amides is 1. The van der Waals surface area contributed by atoms with Gasteiger partial charge in [-0.25, -0.2) is 0 Å². The second kappa shape index (κ2) is 9.01. The summed E-state index contributed by atoms with van der Waals surface area (Å²) < 4.78 is 5.05. The van der Waals surface area contributed by atoms with Crippen molar-refractivity contribution in [3.8, 4) is 5.75 Å². The molecule has 0 fully saturated rings. The lowest BCUT2D eigenvalue weighted by molar-refractivity contribution is -0.132. The fourth-order valence-corrected chi connectivity index (χ4v) is 3.19. The number of ketones is 1. The molecule has 0 bridgehead atoms. The summed E-state index contributed by atoms with van der Waals surface area (Å²) in [6, 6.07) is 5.99. The van der Waals surface area contributed by atoms with Crippen LogP contribution in [0, 0.1) is 5.92 Å². The number of esters is 1. The van der Waals surface area contributed by atoms with Crippen LogP contribution in [0.25, 0.3) is 0 Å². The van der Waals surface area contributed by atoms with Crippen LogP contribution in [0.5, 0.6) is 5.75 Å². The van der Waals surface area contributed by atoms with Gasteiger partial charge in [0, 0.05) is 26.4 Å². The van der Waals surface area contributed by atoms with Crippen LogP contribution in [0.2, 0.25) is 0 Å². The molecule has 1 aromatic carbocycles. The quantitative estimate of drug-likeness (QED) is 0.544. The number of nitrogens with zero attached hydrogens (tertiary/aromatic N) is 2. The molecule has 2 rings (SSSR count). The van der Waals surface area contributed by atoms with E-state index < -0.39 is 23.7 Å². The van der Waals surface area contributed by atoms with E-state index in [2.05, 4.69) is 0 Å². The predicted octanol–water partition coefficient (Wildman–Crippen LogP) is 2.48. The van der Waals surface area contributed by atoms with Crippen LogP contribution in [-0.4, -0.2) is 59.8 Å². The summed E-state index contributed by atoms with van der Waals surface area (Å²) in [6.07, 6.45) is 0.246. The second-order valence-electron chi connectivity index (χ2n) is 7.65. The number of aliphatic hydroxyl groups is 1. The van der Waals surface area contributed by atoms with E-state index in [4.69, 9.17) is 4.74 Å². The first-order chi connectivity index (χ1) is 13.1. The van der Waals surface area contributed by atoms with Gasteiger partial charge in [0.2, 0.25) is 0 Å². The third kappa shape index (κ3) is 4.98.